The number of morpholine rings is 1. The van der Waals surface area contributed by atoms with Gasteiger partial charge in [0.2, 0.25) is 10.0 Å². The van der Waals surface area contributed by atoms with Crippen molar-refractivity contribution in [1.29, 1.82) is 0 Å². The van der Waals surface area contributed by atoms with Crippen molar-refractivity contribution in [3.63, 3.8) is 0 Å². The predicted octanol–water partition coefficient (Wildman–Crippen LogP) is -0.753. The fraction of sp³-hybridized carbons (Fsp3) is 0.625. The van der Waals surface area contributed by atoms with Crippen molar-refractivity contribution in [1.82, 2.24) is 25.2 Å². The van der Waals surface area contributed by atoms with Gasteiger partial charge >= 0.3 is 0 Å². The lowest BCUT2D eigenvalue weighted by atomic mass is 10.4. The van der Waals surface area contributed by atoms with Gasteiger partial charge in [-0.1, -0.05) is 0 Å². The number of pyridine rings is 1. The standard InChI is InChI=1S/C16H28N6O3S/c1-2-18-16(20-8-9-22-10-12-25-13-11-22)19-6-7-21-26(23,24)15-4-3-5-17-14-15/h3-5,14,21H,2,6-13H2,1H3,(H2,18,19,20). The molecule has 0 amide bonds. The summed E-state index contributed by atoms with van der Waals surface area (Å²) in [5.74, 6) is 0.682. The van der Waals surface area contributed by atoms with E-state index < -0.39 is 10.0 Å². The normalized spacial score (nSPS) is 16.4. The highest BCUT2D eigenvalue weighted by Crippen LogP contribution is 2.04. The molecule has 0 unspecified atom stereocenters. The van der Waals surface area contributed by atoms with Crippen LogP contribution in [0.15, 0.2) is 34.4 Å². The second kappa shape index (κ2) is 11.1. The van der Waals surface area contributed by atoms with E-state index in [4.69, 9.17) is 4.74 Å². The number of nitrogens with one attached hydrogen (secondary N) is 3. The number of sulfonamides is 1. The molecule has 0 aromatic carbocycles. The summed E-state index contributed by atoms with van der Waals surface area (Å²) in [6, 6.07) is 3.10. The Bertz CT molecular complexity index is 647. The fourth-order valence-corrected chi connectivity index (χ4v) is 3.42. The molecule has 1 aliphatic heterocycles. The number of aromatic nitrogens is 1. The van der Waals surface area contributed by atoms with Gasteiger partial charge in [-0.3, -0.25) is 14.9 Å². The molecular formula is C16H28N6O3S. The number of ether oxygens (including phenoxy) is 1. The van der Waals surface area contributed by atoms with Gasteiger partial charge in [0.1, 0.15) is 4.90 Å². The van der Waals surface area contributed by atoms with E-state index in [9.17, 15) is 8.42 Å². The van der Waals surface area contributed by atoms with E-state index >= 15 is 0 Å². The molecule has 2 rings (SSSR count). The molecule has 0 radical (unpaired) electrons. The molecule has 0 spiro atoms. The summed E-state index contributed by atoms with van der Waals surface area (Å²) in [4.78, 5) is 10.7. The summed E-state index contributed by atoms with van der Waals surface area (Å²) < 4.78 is 32.1. The third kappa shape index (κ3) is 7.24. The monoisotopic (exact) mass is 384 g/mol. The molecule has 1 fully saturated rings. The van der Waals surface area contributed by atoms with Crippen LogP contribution in [0.1, 0.15) is 6.92 Å². The highest BCUT2D eigenvalue weighted by Gasteiger charge is 2.13. The number of hydrogen-bond acceptors (Lipinski definition) is 6. The Morgan fingerprint density at radius 2 is 2.12 bits per heavy atom. The summed E-state index contributed by atoms with van der Waals surface area (Å²) in [7, 11) is -3.54. The van der Waals surface area contributed by atoms with E-state index in [1.807, 2.05) is 6.92 Å². The Kier molecular flexibility index (Phi) is 8.75. The van der Waals surface area contributed by atoms with Crippen molar-refractivity contribution < 1.29 is 13.2 Å². The summed E-state index contributed by atoms with van der Waals surface area (Å²) in [6.45, 7) is 8.45. The van der Waals surface area contributed by atoms with Gasteiger partial charge in [-0.2, -0.15) is 0 Å². The van der Waals surface area contributed by atoms with Crippen LogP contribution in [0.5, 0.6) is 0 Å². The van der Waals surface area contributed by atoms with Crippen LogP contribution in [0.2, 0.25) is 0 Å². The molecule has 1 aliphatic rings. The number of nitrogens with zero attached hydrogens (tertiary/aromatic N) is 3. The van der Waals surface area contributed by atoms with Crippen LogP contribution in [-0.2, 0) is 14.8 Å². The maximum absolute atomic E-state index is 12.1. The third-order valence-electron chi connectivity index (χ3n) is 3.79. The minimum absolute atomic E-state index is 0.152. The van der Waals surface area contributed by atoms with Crippen LogP contribution in [-0.4, -0.2) is 83.3 Å². The van der Waals surface area contributed by atoms with Crippen molar-refractivity contribution in [2.45, 2.75) is 11.8 Å². The van der Waals surface area contributed by atoms with Gasteiger partial charge in [-0.05, 0) is 19.1 Å². The zero-order chi connectivity index (χ0) is 18.7. The van der Waals surface area contributed by atoms with Crippen LogP contribution < -0.4 is 15.4 Å². The van der Waals surface area contributed by atoms with Crippen molar-refractivity contribution >= 4 is 16.0 Å². The topological polar surface area (TPSA) is 108 Å². The van der Waals surface area contributed by atoms with Crippen molar-refractivity contribution in [3.05, 3.63) is 24.5 Å². The number of guanidine groups is 1. The number of hydrogen-bond donors (Lipinski definition) is 3. The second-order valence-electron chi connectivity index (χ2n) is 5.73. The molecule has 2 heterocycles. The average Bonchev–Trinajstić information content (AvgIpc) is 2.67. The quantitative estimate of drug-likeness (QED) is 0.292. The molecule has 3 N–H and O–H groups in total. The second-order valence-corrected chi connectivity index (χ2v) is 7.49. The zero-order valence-corrected chi connectivity index (χ0v) is 16.0. The Hall–Kier alpha value is -1.75. The van der Waals surface area contributed by atoms with Gasteiger partial charge in [0.15, 0.2) is 5.96 Å². The maximum atomic E-state index is 12.1. The molecule has 0 aliphatic carbocycles. The summed E-state index contributed by atoms with van der Waals surface area (Å²) in [5.41, 5.74) is 0. The van der Waals surface area contributed by atoms with Crippen LogP contribution in [0.25, 0.3) is 0 Å². The number of rotatable bonds is 9. The molecule has 1 aromatic heterocycles. The Labute approximate surface area is 155 Å². The van der Waals surface area contributed by atoms with Crippen molar-refractivity contribution in [3.8, 4) is 0 Å². The Morgan fingerprint density at radius 1 is 1.31 bits per heavy atom. The van der Waals surface area contributed by atoms with E-state index in [1.165, 1.54) is 18.5 Å². The Balaban J connectivity index is 1.73. The van der Waals surface area contributed by atoms with Crippen LogP contribution in [0.3, 0.4) is 0 Å². The Morgan fingerprint density at radius 3 is 2.81 bits per heavy atom. The molecule has 146 valence electrons. The predicted molar refractivity (Wildman–Crippen MR) is 101 cm³/mol. The summed E-state index contributed by atoms with van der Waals surface area (Å²) >= 11 is 0. The van der Waals surface area contributed by atoms with E-state index in [0.29, 0.717) is 12.5 Å². The van der Waals surface area contributed by atoms with E-state index in [-0.39, 0.29) is 11.4 Å². The molecule has 0 atom stereocenters. The fourth-order valence-electron chi connectivity index (χ4n) is 2.44. The van der Waals surface area contributed by atoms with Crippen molar-refractivity contribution in [2.24, 2.45) is 4.99 Å². The lowest BCUT2D eigenvalue weighted by Crippen LogP contribution is -2.44. The minimum Gasteiger partial charge on any atom is -0.379 e. The minimum atomic E-state index is -3.54. The molecule has 0 bridgehead atoms. The first-order valence-electron chi connectivity index (χ1n) is 8.84. The summed E-state index contributed by atoms with van der Waals surface area (Å²) in [6.07, 6.45) is 2.86. The van der Waals surface area contributed by atoms with Crippen LogP contribution in [0, 0.1) is 0 Å². The zero-order valence-electron chi connectivity index (χ0n) is 15.1. The van der Waals surface area contributed by atoms with Gasteiger partial charge in [0.25, 0.3) is 0 Å². The molecular weight excluding hydrogens is 356 g/mol. The molecule has 1 aromatic rings. The first kappa shape index (κ1) is 20.6. The molecule has 10 heteroatoms. The largest absolute Gasteiger partial charge is 0.379 e. The highest BCUT2D eigenvalue weighted by atomic mass is 32.2. The van der Waals surface area contributed by atoms with E-state index in [1.54, 1.807) is 6.07 Å². The first-order valence-corrected chi connectivity index (χ1v) is 10.3. The van der Waals surface area contributed by atoms with E-state index in [0.717, 1.165) is 45.9 Å². The number of aliphatic imine (C=N–C) groups is 1. The SMILES string of the molecule is CCNC(=NCCNS(=O)(=O)c1cccnc1)NCCN1CCOCC1. The molecule has 26 heavy (non-hydrogen) atoms. The van der Waals surface area contributed by atoms with Gasteiger partial charge in [-0.25, -0.2) is 13.1 Å². The molecule has 0 saturated carbocycles. The average molecular weight is 385 g/mol. The van der Waals surface area contributed by atoms with Crippen LogP contribution >= 0.6 is 0 Å². The lowest BCUT2D eigenvalue weighted by molar-refractivity contribution is 0.0389. The third-order valence-corrected chi connectivity index (χ3v) is 5.23. The van der Waals surface area contributed by atoms with Gasteiger partial charge in [0, 0.05) is 51.7 Å². The van der Waals surface area contributed by atoms with E-state index in [2.05, 4.69) is 30.2 Å². The molecule has 9 nitrogen and oxygen atoms in total. The lowest BCUT2D eigenvalue weighted by Gasteiger charge is -2.26. The van der Waals surface area contributed by atoms with Crippen LogP contribution in [0.4, 0.5) is 0 Å². The summed E-state index contributed by atoms with van der Waals surface area (Å²) in [5, 5.41) is 6.42. The maximum Gasteiger partial charge on any atom is 0.242 e. The van der Waals surface area contributed by atoms with Gasteiger partial charge < -0.3 is 15.4 Å². The highest BCUT2D eigenvalue weighted by molar-refractivity contribution is 7.89. The van der Waals surface area contributed by atoms with Crippen molar-refractivity contribution in [2.75, 3.05) is 59.0 Å². The first-order chi connectivity index (χ1) is 12.6. The van der Waals surface area contributed by atoms with Gasteiger partial charge in [0.05, 0.1) is 19.8 Å². The van der Waals surface area contributed by atoms with Gasteiger partial charge in [-0.15, -0.1) is 0 Å². The molecule has 1 saturated heterocycles. The smallest absolute Gasteiger partial charge is 0.242 e.